The summed E-state index contributed by atoms with van der Waals surface area (Å²) in [7, 11) is 0. The fraction of sp³-hybridized carbons (Fsp3) is 0. The average molecular weight is 621 g/mol. The van der Waals surface area contributed by atoms with E-state index in [-0.39, 0.29) is 0 Å². The quantitative estimate of drug-likeness (QED) is 0.196. The number of thiazole rings is 1. The molecule has 6 nitrogen and oxygen atoms in total. The normalized spacial score (nSPS) is 11.8. The molecule has 6 aromatic carbocycles. The highest BCUT2D eigenvalue weighted by Crippen LogP contribution is 2.35. The van der Waals surface area contributed by atoms with Crippen LogP contribution < -0.4 is 0 Å². The molecular weight excluding hydrogens is 597 g/mol. The molecule has 4 heterocycles. The van der Waals surface area contributed by atoms with E-state index in [2.05, 4.69) is 149 Å². The van der Waals surface area contributed by atoms with E-state index in [9.17, 15) is 0 Å². The summed E-state index contributed by atoms with van der Waals surface area (Å²) in [5, 5.41) is 5.62. The minimum Gasteiger partial charge on any atom is -0.278 e. The third-order valence-corrected chi connectivity index (χ3v) is 9.94. The summed E-state index contributed by atoms with van der Waals surface area (Å²) in [5.41, 5.74) is 7.17. The summed E-state index contributed by atoms with van der Waals surface area (Å²) >= 11 is 1.70. The zero-order chi connectivity index (χ0) is 30.9. The van der Waals surface area contributed by atoms with Crippen molar-refractivity contribution in [2.75, 3.05) is 0 Å². The maximum absolute atomic E-state index is 5.23. The summed E-state index contributed by atoms with van der Waals surface area (Å²) in [6, 6.07) is 50.4. The van der Waals surface area contributed by atoms with Crippen LogP contribution in [0.4, 0.5) is 0 Å². The third-order valence-electron chi connectivity index (χ3n) is 8.86. The van der Waals surface area contributed by atoms with Crippen molar-refractivity contribution >= 4 is 65.2 Å². The molecule has 0 bridgehead atoms. The molecule has 0 saturated heterocycles. The summed E-state index contributed by atoms with van der Waals surface area (Å²) in [5.74, 6) is 1.74. The molecule has 0 aliphatic heterocycles. The van der Waals surface area contributed by atoms with E-state index in [1.54, 1.807) is 11.3 Å². The molecule has 7 heteroatoms. The highest BCUT2D eigenvalue weighted by atomic mass is 32.1. The van der Waals surface area contributed by atoms with Gasteiger partial charge in [-0.05, 0) is 36.4 Å². The van der Waals surface area contributed by atoms with Gasteiger partial charge < -0.3 is 0 Å². The number of para-hydroxylation sites is 5. The number of rotatable bonds is 4. The lowest BCUT2D eigenvalue weighted by Crippen LogP contribution is -2.10. The van der Waals surface area contributed by atoms with Gasteiger partial charge in [-0.2, -0.15) is 15.0 Å². The van der Waals surface area contributed by atoms with Crippen molar-refractivity contribution in [2.24, 2.45) is 0 Å². The molecule has 0 N–H and O–H groups in total. The van der Waals surface area contributed by atoms with Crippen molar-refractivity contribution in [2.45, 2.75) is 0 Å². The van der Waals surface area contributed by atoms with E-state index in [0.717, 1.165) is 65.3 Å². The largest absolute Gasteiger partial charge is 0.278 e. The van der Waals surface area contributed by atoms with E-state index in [4.69, 9.17) is 19.9 Å². The Morgan fingerprint density at radius 1 is 0.383 bits per heavy atom. The second kappa shape index (κ2) is 10.2. The number of benzene rings is 6. The topological polar surface area (TPSA) is 61.4 Å². The first kappa shape index (κ1) is 26.1. The zero-order valence-electron chi connectivity index (χ0n) is 24.9. The first-order valence-corrected chi connectivity index (χ1v) is 16.3. The van der Waals surface area contributed by atoms with Crippen molar-refractivity contribution in [3.8, 4) is 33.9 Å². The summed E-state index contributed by atoms with van der Waals surface area (Å²) in [6.45, 7) is 0. The first-order chi connectivity index (χ1) is 23.3. The van der Waals surface area contributed by atoms with Gasteiger partial charge in [0.05, 0.1) is 32.3 Å². The van der Waals surface area contributed by atoms with Gasteiger partial charge in [-0.15, -0.1) is 11.3 Å². The SMILES string of the molecule is c1ccc2sc(-c3ccc(-c4nc(-n5c6ccccc6c6ccccc65)nc(-n5c6ccccc6c6ccccc65)n4)cc3)nc2c1. The van der Waals surface area contributed by atoms with Crippen molar-refractivity contribution in [3.05, 3.63) is 146 Å². The second-order valence-corrected chi connectivity index (χ2v) is 12.6. The molecule has 0 fully saturated rings. The van der Waals surface area contributed by atoms with Gasteiger partial charge in [0.15, 0.2) is 5.82 Å². The number of fused-ring (bicyclic) bond motifs is 7. The van der Waals surface area contributed by atoms with Gasteiger partial charge in [0.2, 0.25) is 11.9 Å². The van der Waals surface area contributed by atoms with Crippen molar-refractivity contribution in [1.82, 2.24) is 29.1 Å². The molecule has 0 radical (unpaired) electrons. The van der Waals surface area contributed by atoms with Crippen molar-refractivity contribution in [3.63, 3.8) is 0 Å². The fourth-order valence-corrected chi connectivity index (χ4v) is 7.69. The molecule has 220 valence electrons. The van der Waals surface area contributed by atoms with Crippen LogP contribution >= 0.6 is 11.3 Å². The molecule has 4 aromatic heterocycles. The Hall–Kier alpha value is -6.18. The Morgan fingerprint density at radius 3 is 1.30 bits per heavy atom. The van der Waals surface area contributed by atoms with Crippen LogP contribution in [0.3, 0.4) is 0 Å². The maximum atomic E-state index is 5.23. The van der Waals surface area contributed by atoms with Crippen LogP contribution in [0.1, 0.15) is 0 Å². The third kappa shape index (κ3) is 4.03. The number of aromatic nitrogens is 6. The van der Waals surface area contributed by atoms with E-state index in [0.29, 0.717) is 17.7 Å². The lowest BCUT2D eigenvalue weighted by molar-refractivity contribution is 0.893. The molecule has 0 aliphatic carbocycles. The van der Waals surface area contributed by atoms with E-state index in [1.165, 1.54) is 4.70 Å². The Morgan fingerprint density at radius 2 is 0.809 bits per heavy atom. The summed E-state index contributed by atoms with van der Waals surface area (Å²) in [4.78, 5) is 20.4. The van der Waals surface area contributed by atoms with Crippen molar-refractivity contribution < 1.29 is 0 Å². The van der Waals surface area contributed by atoms with Crippen LogP contribution in [0.2, 0.25) is 0 Å². The lowest BCUT2D eigenvalue weighted by atomic mass is 10.1. The minimum absolute atomic E-state index is 0.569. The Bertz CT molecular complexity index is 2530. The van der Waals surface area contributed by atoms with Crippen LogP contribution in [0, 0.1) is 0 Å². The summed E-state index contributed by atoms with van der Waals surface area (Å²) in [6.07, 6.45) is 0. The van der Waals surface area contributed by atoms with Crippen LogP contribution in [0.5, 0.6) is 0 Å². The predicted octanol–water partition coefficient (Wildman–Crippen LogP) is 10.0. The zero-order valence-corrected chi connectivity index (χ0v) is 25.8. The van der Waals surface area contributed by atoms with Crippen LogP contribution in [0.15, 0.2) is 146 Å². The Balaban J connectivity index is 1.23. The molecule has 10 aromatic rings. The van der Waals surface area contributed by atoms with Gasteiger partial charge in [-0.3, -0.25) is 9.13 Å². The van der Waals surface area contributed by atoms with Crippen LogP contribution in [-0.4, -0.2) is 29.1 Å². The van der Waals surface area contributed by atoms with Gasteiger partial charge in [-0.25, -0.2) is 4.98 Å². The predicted molar refractivity (Wildman–Crippen MR) is 193 cm³/mol. The molecule has 0 saturated carbocycles. The Kier molecular flexibility index (Phi) is 5.64. The van der Waals surface area contributed by atoms with Gasteiger partial charge >= 0.3 is 0 Å². The van der Waals surface area contributed by atoms with E-state index >= 15 is 0 Å². The van der Waals surface area contributed by atoms with Crippen molar-refractivity contribution in [1.29, 1.82) is 0 Å². The monoisotopic (exact) mass is 620 g/mol. The van der Waals surface area contributed by atoms with Crippen LogP contribution in [-0.2, 0) is 0 Å². The fourth-order valence-electron chi connectivity index (χ4n) is 6.72. The highest BCUT2D eigenvalue weighted by Gasteiger charge is 2.20. The molecule has 10 rings (SSSR count). The molecule has 47 heavy (non-hydrogen) atoms. The van der Waals surface area contributed by atoms with Gasteiger partial charge in [0, 0.05) is 32.7 Å². The number of hydrogen-bond acceptors (Lipinski definition) is 5. The molecule has 0 aliphatic rings. The minimum atomic E-state index is 0.569. The maximum Gasteiger partial charge on any atom is 0.240 e. The molecular formula is C40H24N6S. The average Bonchev–Trinajstić information content (AvgIpc) is 3.82. The molecule has 0 unspecified atom stereocenters. The van der Waals surface area contributed by atoms with Gasteiger partial charge in [-0.1, -0.05) is 109 Å². The second-order valence-electron chi connectivity index (χ2n) is 11.6. The lowest BCUT2D eigenvalue weighted by Gasteiger charge is -2.12. The highest BCUT2D eigenvalue weighted by molar-refractivity contribution is 7.21. The smallest absolute Gasteiger partial charge is 0.240 e. The first-order valence-electron chi connectivity index (χ1n) is 15.5. The van der Waals surface area contributed by atoms with Crippen LogP contribution in [0.25, 0.3) is 87.7 Å². The standard InChI is InChI=1S/C40H24N6S/c1-6-16-32-27(11-1)28-12-2-7-17-33(28)45(32)39-42-37(25-21-23-26(24-22-25)38-41-31-15-5-10-20-36(31)47-38)43-40(44-39)46-34-18-8-3-13-29(34)30-14-4-9-19-35(30)46/h1-24H. The number of hydrogen-bond donors (Lipinski definition) is 0. The van der Waals surface area contributed by atoms with Gasteiger partial charge in [0.1, 0.15) is 5.01 Å². The molecule has 0 amide bonds. The number of nitrogens with zero attached hydrogens (tertiary/aromatic N) is 6. The molecule has 0 spiro atoms. The van der Waals surface area contributed by atoms with Gasteiger partial charge in [0.25, 0.3) is 0 Å². The molecule has 0 atom stereocenters. The van der Waals surface area contributed by atoms with E-state index < -0.39 is 0 Å². The van der Waals surface area contributed by atoms with E-state index in [1.807, 2.05) is 6.07 Å². The Labute approximate surface area is 272 Å². The summed E-state index contributed by atoms with van der Waals surface area (Å²) < 4.78 is 5.49.